The van der Waals surface area contributed by atoms with Crippen LogP contribution in [0.25, 0.3) is 0 Å². The van der Waals surface area contributed by atoms with Crippen molar-refractivity contribution >= 4 is 11.9 Å². The molecule has 1 saturated carbocycles. The third-order valence-electron chi connectivity index (χ3n) is 7.01. The standard InChI is InChI=1S/C28H31NO5/c1-6-26(2,3)34-24(30)16-15-23-27(4,5)28(23,25(31)32)22(18-29)19-11-10-14-21(17-19)33-20-12-8-7-9-13-20/h7-17,22-23H,6H2,1-5H3,(H,31,32)/t22?,23-,28+/m0/s1. The van der Waals surface area contributed by atoms with Gasteiger partial charge in [-0.2, -0.15) is 5.26 Å². The summed E-state index contributed by atoms with van der Waals surface area (Å²) in [4.78, 5) is 25.0. The molecule has 0 aromatic heterocycles. The van der Waals surface area contributed by atoms with Crippen molar-refractivity contribution < 1.29 is 24.2 Å². The van der Waals surface area contributed by atoms with E-state index in [4.69, 9.17) is 9.47 Å². The fraction of sp³-hybridized carbons (Fsp3) is 0.393. The second kappa shape index (κ2) is 9.34. The van der Waals surface area contributed by atoms with E-state index in [1.165, 1.54) is 6.08 Å². The van der Waals surface area contributed by atoms with Gasteiger partial charge in [-0.3, -0.25) is 4.79 Å². The summed E-state index contributed by atoms with van der Waals surface area (Å²) in [6, 6.07) is 18.4. The molecule has 34 heavy (non-hydrogen) atoms. The summed E-state index contributed by atoms with van der Waals surface area (Å²) in [5.74, 6) is -1.92. The van der Waals surface area contributed by atoms with E-state index in [2.05, 4.69) is 6.07 Å². The molecular weight excluding hydrogens is 430 g/mol. The number of rotatable bonds is 9. The van der Waals surface area contributed by atoms with Gasteiger partial charge in [0, 0.05) is 12.0 Å². The summed E-state index contributed by atoms with van der Waals surface area (Å²) in [7, 11) is 0. The highest BCUT2D eigenvalue weighted by Crippen LogP contribution is 2.75. The summed E-state index contributed by atoms with van der Waals surface area (Å²) < 4.78 is 11.3. The quantitative estimate of drug-likeness (QED) is 0.358. The van der Waals surface area contributed by atoms with Gasteiger partial charge in [0.15, 0.2) is 0 Å². The predicted octanol–water partition coefficient (Wildman–Crippen LogP) is 6.10. The van der Waals surface area contributed by atoms with Crippen molar-refractivity contribution in [3.8, 4) is 17.6 Å². The van der Waals surface area contributed by atoms with Gasteiger partial charge in [-0.05, 0) is 55.5 Å². The van der Waals surface area contributed by atoms with E-state index in [-0.39, 0.29) is 0 Å². The highest BCUT2D eigenvalue weighted by atomic mass is 16.6. The summed E-state index contributed by atoms with van der Waals surface area (Å²) >= 11 is 0. The van der Waals surface area contributed by atoms with E-state index >= 15 is 0 Å². The van der Waals surface area contributed by atoms with Crippen LogP contribution in [0.3, 0.4) is 0 Å². The summed E-state index contributed by atoms with van der Waals surface area (Å²) in [6.07, 6.45) is 3.52. The number of hydrogen-bond acceptors (Lipinski definition) is 5. The van der Waals surface area contributed by atoms with Crippen LogP contribution >= 0.6 is 0 Å². The maximum absolute atomic E-state index is 12.6. The topological polar surface area (TPSA) is 96.6 Å². The molecule has 2 aromatic rings. The highest BCUT2D eigenvalue weighted by Gasteiger charge is 2.78. The molecule has 6 nitrogen and oxygen atoms in total. The number of aliphatic carboxylic acids is 1. The second-order valence-corrected chi connectivity index (χ2v) is 9.82. The first-order chi connectivity index (χ1) is 16.0. The number of ether oxygens (including phenoxy) is 2. The number of para-hydroxylation sites is 1. The Morgan fingerprint density at radius 3 is 2.38 bits per heavy atom. The highest BCUT2D eigenvalue weighted by molar-refractivity contribution is 5.86. The van der Waals surface area contributed by atoms with Crippen LogP contribution in [0.2, 0.25) is 0 Å². The number of carboxylic acids is 1. The number of nitriles is 1. The Balaban J connectivity index is 1.92. The fourth-order valence-corrected chi connectivity index (χ4v) is 4.69. The number of nitrogens with zero attached hydrogens (tertiary/aromatic N) is 1. The monoisotopic (exact) mass is 461 g/mol. The van der Waals surface area contributed by atoms with Gasteiger partial charge in [0.05, 0.1) is 12.0 Å². The van der Waals surface area contributed by atoms with Gasteiger partial charge >= 0.3 is 11.9 Å². The zero-order chi connectivity index (χ0) is 25.1. The molecule has 1 fully saturated rings. The zero-order valence-corrected chi connectivity index (χ0v) is 20.2. The number of benzene rings is 2. The fourth-order valence-electron chi connectivity index (χ4n) is 4.69. The molecule has 3 atom stereocenters. The lowest BCUT2D eigenvalue weighted by atomic mass is 9.78. The second-order valence-electron chi connectivity index (χ2n) is 9.82. The molecule has 0 spiro atoms. The molecule has 1 N–H and O–H groups in total. The van der Waals surface area contributed by atoms with Crippen molar-refractivity contribution in [2.45, 2.75) is 52.6 Å². The Labute approximate surface area is 200 Å². The first-order valence-electron chi connectivity index (χ1n) is 11.4. The van der Waals surface area contributed by atoms with Crippen molar-refractivity contribution in [1.82, 2.24) is 0 Å². The largest absolute Gasteiger partial charge is 0.481 e. The van der Waals surface area contributed by atoms with Crippen molar-refractivity contribution in [3.05, 3.63) is 72.3 Å². The third-order valence-corrected chi connectivity index (χ3v) is 7.01. The third kappa shape index (κ3) is 4.56. The van der Waals surface area contributed by atoms with Crippen LogP contribution < -0.4 is 4.74 Å². The average molecular weight is 462 g/mol. The Morgan fingerprint density at radius 2 is 1.79 bits per heavy atom. The number of allylic oxidation sites excluding steroid dienone is 1. The Bertz CT molecular complexity index is 1130. The molecule has 0 radical (unpaired) electrons. The molecule has 0 heterocycles. The van der Waals surface area contributed by atoms with Crippen molar-refractivity contribution in [2.75, 3.05) is 0 Å². The van der Waals surface area contributed by atoms with Gasteiger partial charge in [-0.25, -0.2) is 4.79 Å². The van der Waals surface area contributed by atoms with Crippen LogP contribution in [-0.2, 0) is 14.3 Å². The lowest BCUT2D eigenvalue weighted by Gasteiger charge is -2.22. The minimum atomic E-state index is -1.40. The number of esters is 1. The maximum atomic E-state index is 12.6. The maximum Gasteiger partial charge on any atom is 0.330 e. The van der Waals surface area contributed by atoms with Crippen molar-refractivity contribution in [3.63, 3.8) is 0 Å². The number of carbonyl (C=O) groups is 2. The van der Waals surface area contributed by atoms with Gasteiger partial charge < -0.3 is 14.6 Å². The van der Waals surface area contributed by atoms with Gasteiger partial charge in [-0.15, -0.1) is 0 Å². The van der Waals surface area contributed by atoms with Gasteiger partial charge in [-0.1, -0.05) is 57.2 Å². The molecule has 0 amide bonds. The molecule has 178 valence electrons. The molecule has 6 heteroatoms. The average Bonchev–Trinajstić information content (AvgIpc) is 3.29. The van der Waals surface area contributed by atoms with Crippen LogP contribution in [-0.4, -0.2) is 22.6 Å². The van der Waals surface area contributed by atoms with E-state index in [1.54, 1.807) is 30.3 Å². The lowest BCUT2D eigenvalue weighted by Crippen LogP contribution is -2.29. The van der Waals surface area contributed by atoms with Crippen LogP contribution in [0.5, 0.6) is 11.5 Å². The Morgan fingerprint density at radius 1 is 1.15 bits per heavy atom. The van der Waals surface area contributed by atoms with Crippen molar-refractivity contribution in [1.29, 1.82) is 5.26 Å². The minimum Gasteiger partial charge on any atom is -0.481 e. The summed E-state index contributed by atoms with van der Waals surface area (Å²) in [5.41, 5.74) is -2.22. The molecule has 0 saturated heterocycles. The minimum absolute atomic E-state index is 0.514. The lowest BCUT2D eigenvalue weighted by molar-refractivity contribution is -0.150. The smallest absolute Gasteiger partial charge is 0.330 e. The van der Waals surface area contributed by atoms with Crippen LogP contribution in [0.1, 0.15) is 52.5 Å². The van der Waals surface area contributed by atoms with Gasteiger partial charge in [0.1, 0.15) is 22.5 Å². The molecule has 0 bridgehead atoms. The van der Waals surface area contributed by atoms with E-state index < -0.39 is 40.2 Å². The molecule has 2 aromatic carbocycles. The number of carboxylic acid groups (broad SMARTS) is 1. The SMILES string of the molecule is CCC(C)(C)OC(=O)C=C[C@H]1C(C)(C)[C@]1(C(=O)O)C(C#N)c1cccc(Oc2ccccc2)c1. The first kappa shape index (κ1) is 25.0. The Hall–Kier alpha value is -3.59. The molecule has 3 rings (SSSR count). The van der Waals surface area contributed by atoms with E-state index in [9.17, 15) is 20.0 Å². The van der Waals surface area contributed by atoms with E-state index in [0.717, 1.165) is 0 Å². The van der Waals surface area contributed by atoms with Crippen molar-refractivity contribution in [2.24, 2.45) is 16.7 Å². The zero-order valence-electron chi connectivity index (χ0n) is 20.2. The molecule has 1 unspecified atom stereocenters. The number of hydrogen-bond donors (Lipinski definition) is 1. The molecular formula is C28H31NO5. The molecule has 0 aliphatic heterocycles. The van der Waals surface area contributed by atoms with Crippen LogP contribution in [0.15, 0.2) is 66.7 Å². The van der Waals surface area contributed by atoms with Gasteiger partial charge in [0.25, 0.3) is 0 Å². The Kier molecular flexibility index (Phi) is 6.88. The predicted molar refractivity (Wildman–Crippen MR) is 128 cm³/mol. The molecule has 1 aliphatic rings. The van der Waals surface area contributed by atoms with E-state index in [1.807, 2.05) is 65.0 Å². The van der Waals surface area contributed by atoms with Crippen LogP contribution in [0.4, 0.5) is 0 Å². The summed E-state index contributed by atoms with van der Waals surface area (Å²) in [5, 5.41) is 20.5. The molecule has 1 aliphatic carbocycles. The number of carbonyl (C=O) groups excluding carboxylic acids is 1. The van der Waals surface area contributed by atoms with Crippen LogP contribution in [0, 0.1) is 28.1 Å². The first-order valence-corrected chi connectivity index (χ1v) is 11.4. The normalized spacial score (nSPS) is 21.9. The van der Waals surface area contributed by atoms with Gasteiger partial charge in [0.2, 0.25) is 0 Å². The van der Waals surface area contributed by atoms with E-state index in [0.29, 0.717) is 23.5 Å². The summed E-state index contributed by atoms with van der Waals surface area (Å²) in [6.45, 7) is 9.18.